The number of hydrogen-bond acceptors (Lipinski definition) is 10. The minimum Gasteiger partial charge on any atom is -0.493 e. The van der Waals surface area contributed by atoms with Crippen molar-refractivity contribution >= 4 is 33.0 Å². The average Bonchev–Trinajstić information content (AvgIpc) is 2.78. The lowest BCUT2D eigenvalue weighted by atomic mass is 10.1. The zero-order valence-corrected chi connectivity index (χ0v) is 19.4. The van der Waals surface area contributed by atoms with Crippen LogP contribution >= 0.6 is 0 Å². The summed E-state index contributed by atoms with van der Waals surface area (Å²) in [6.45, 7) is -0.228. The largest absolute Gasteiger partial charge is 0.493 e. The number of nitro groups is 1. The van der Waals surface area contributed by atoms with Gasteiger partial charge < -0.3 is 30.6 Å². The van der Waals surface area contributed by atoms with Gasteiger partial charge in [0.15, 0.2) is 27.9 Å². The van der Waals surface area contributed by atoms with Gasteiger partial charge >= 0.3 is 0 Å². The van der Waals surface area contributed by atoms with Gasteiger partial charge in [-0.1, -0.05) is 0 Å². The van der Waals surface area contributed by atoms with Crippen molar-refractivity contribution in [2.75, 3.05) is 45.5 Å². The molecule has 0 bridgehead atoms. The van der Waals surface area contributed by atoms with Crippen LogP contribution in [-0.4, -0.2) is 65.3 Å². The summed E-state index contributed by atoms with van der Waals surface area (Å²) in [6, 6.07) is 6.28. The van der Waals surface area contributed by atoms with Crippen LogP contribution in [0.25, 0.3) is 0 Å². The van der Waals surface area contributed by atoms with Crippen LogP contribution in [0.5, 0.6) is 17.2 Å². The van der Waals surface area contributed by atoms with Gasteiger partial charge in [0.1, 0.15) is 5.69 Å². The van der Waals surface area contributed by atoms with Gasteiger partial charge in [-0.05, 0) is 24.3 Å². The molecule has 2 aromatic rings. The average molecular weight is 496 g/mol. The van der Waals surface area contributed by atoms with Crippen molar-refractivity contribution in [3.63, 3.8) is 0 Å². The molecule has 0 aliphatic heterocycles. The maximum Gasteiger partial charge on any atom is 0.293 e. The number of sulfone groups is 1. The van der Waals surface area contributed by atoms with Crippen molar-refractivity contribution in [2.45, 2.75) is 4.90 Å². The van der Waals surface area contributed by atoms with E-state index in [9.17, 15) is 28.1 Å². The standard InChI is InChI=1S/C20H24N4O9S/c1-31-16-8-12(9-17(32-2)19(16)33-11-18(21)25)20(26)23-7-6-22-14-5-4-13(34(3,29)30)10-15(14)24(27)28/h4-5,8-10,22H,6-7,11H2,1-3H3,(H2,21,25)(H,23,26). The van der Waals surface area contributed by atoms with Crippen LogP contribution < -0.4 is 30.6 Å². The van der Waals surface area contributed by atoms with Crippen molar-refractivity contribution < 1.29 is 37.1 Å². The number of nitrogens with one attached hydrogen (secondary N) is 2. The normalized spacial score (nSPS) is 10.8. The Labute approximate surface area is 195 Å². The fraction of sp³-hybridized carbons (Fsp3) is 0.300. The van der Waals surface area contributed by atoms with Crippen LogP contribution in [0, 0.1) is 10.1 Å². The van der Waals surface area contributed by atoms with E-state index in [1.807, 2.05) is 0 Å². The quantitative estimate of drug-likeness (QED) is 0.214. The van der Waals surface area contributed by atoms with E-state index >= 15 is 0 Å². The molecule has 0 spiro atoms. The summed E-state index contributed by atoms with van der Waals surface area (Å²) in [6.07, 6.45) is 0.953. The van der Waals surface area contributed by atoms with Crippen molar-refractivity contribution in [3.8, 4) is 17.2 Å². The molecule has 2 amide bonds. The molecular weight excluding hydrogens is 472 g/mol. The third-order valence-corrected chi connectivity index (χ3v) is 5.51. The smallest absolute Gasteiger partial charge is 0.293 e. The predicted octanol–water partition coefficient (Wildman–Crippen LogP) is 0.722. The van der Waals surface area contributed by atoms with Gasteiger partial charge in [0, 0.05) is 31.0 Å². The van der Waals surface area contributed by atoms with Crippen LogP contribution in [0.2, 0.25) is 0 Å². The molecule has 0 radical (unpaired) electrons. The fourth-order valence-corrected chi connectivity index (χ4v) is 3.46. The van der Waals surface area contributed by atoms with E-state index in [2.05, 4.69) is 10.6 Å². The molecule has 0 aromatic heterocycles. The molecule has 0 aliphatic rings. The fourth-order valence-electron chi connectivity index (χ4n) is 2.81. The molecule has 0 saturated carbocycles. The number of nitrogens with two attached hydrogens (primary N) is 1. The maximum absolute atomic E-state index is 12.6. The highest BCUT2D eigenvalue weighted by Crippen LogP contribution is 2.38. The monoisotopic (exact) mass is 496 g/mol. The number of hydrogen-bond donors (Lipinski definition) is 3. The summed E-state index contributed by atoms with van der Waals surface area (Å²) >= 11 is 0. The lowest BCUT2D eigenvalue weighted by Crippen LogP contribution is -2.29. The lowest BCUT2D eigenvalue weighted by molar-refractivity contribution is -0.384. The number of rotatable bonds is 12. The predicted molar refractivity (Wildman–Crippen MR) is 121 cm³/mol. The number of carbonyl (C=O) groups is 2. The minimum absolute atomic E-state index is 0.0778. The number of benzene rings is 2. The number of anilines is 1. The van der Waals surface area contributed by atoms with E-state index in [1.165, 1.54) is 38.5 Å². The molecule has 0 unspecified atom stereocenters. The summed E-state index contributed by atoms with van der Waals surface area (Å²) < 4.78 is 39.0. The molecule has 2 rings (SSSR count). The van der Waals surface area contributed by atoms with Crippen molar-refractivity contribution in [3.05, 3.63) is 46.0 Å². The highest BCUT2D eigenvalue weighted by molar-refractivity contribution is 7.90. The first kappa shape index (κ1) is 26.2. The Hall–Kier alpha value is -4.07. The van der Waals surface area contributed by atoms with Crippen LogP contribution in [0.4, 0.5) is 11.4 Å². The van der Waals surface area contributed by atoms with E-state index in [4.69, 9.17) is 19.9 Å². The molecule has 0 atom stereocenters. The molecule has 0 saturated heterocycles. The van der Waals surface area contributed by atoms with Gasteiger partial charge in [0.2, 0.25) is 5.75 Å². The van der Waals surface area contributed by atoms with Gasteiger partial charge in [0.05, 0.1) is 24.0 Å². The molecule has 0 fully saturated rings. The molecule has 4 N–H and O–H groups in total. The molecule has 34 heavy (non-hydrogen) atoms. The topological polar surface area (TPSA) is 189 Å². The molecule has 2 aromatic carbocycles. The van der Waals surface area contributed by atoms with Gasteiger partial charge in [0.25, 0.3) is 17.5 Å². The molecule has 0 heterocycles. The SMILES string of the molecule is COc1cc(C(=O)NCCNc2ccc(S(C)(=O)=O)cc2[N+](=O)[O-])cc(OC)c1OCC(N)=O. The van der Waals surface area contributed by atoms with Crippen LogP contribution in [0.3, 0.4) is 0 Å². The number of nitrogens with zero attached hydrogens (tertiary/aromatic N) is 1. The Morgan fingerprint density at radius 3 is 2.21 bits per heavy atom. The Bertz CT molecular complexity index is 1170. The second-order valence-electron chi connectivity index (χ2n) is 6.86. The van der Waals surface area contributed by atoms with E-state index in [0.29, 0.717) is 0 Å². The Kier molecular flexibility index (Phi) is 8.61. The highest BCUT2D eigenvalue weighted by atomic mass is 32.2. The first-order valence-electron chi connectivity index (χ1n) is 9.65. The summed E-state index contributed by atoms with van der Waals surface area (Å²) in [5.74, 6) is -0.811. The highest BCUT2D eigenvalue weighted by Gasteiger charge is 2.20. The van der Waals surface area contributed by atoms with Crippen molar-refractivity contribution in [2.24, 2.45) is 5.73 Å². The minimum atomic E-state index is -3.61. The number of amides is 2. The van der Waals surface area contributed by atoms with E-state index < -0.39 is 38.9 Å². The maximum atomic E-state index is 12.6. The zero-order chi connectivity index (χ0) is 25.5. The van der Waals surface area contributed by atoms with E-state index in [-0.39, 0.29) is 46.5 Å². The van der Waals surface area contributed by atoms with Crippen LogP contribution in [0.15, 0.2) is 35.2 Å². The Morgan fingerprint density at radius 1 is 1.09 bits per heavy atom. The molecular formula is C20H24N4O9S. The van der Waals surface area contributed by atoms with Crippen LogP contribution in [0.1, 0.15) is 10.4 Å². The third-order valence-electron chi connectivity index (χ3n) is 4.40. The molecule has 0 aliphatic carbocycles. The van der Waals surface area contributed by atoms with Gasteiger partial charge in [-0.2, -0.15) is 0 Å². The molecule has 184 valence electrons. The summed E-state index contributed by atoms with van der Waals surface area (Å²) in [5, 5.41) is 16.7. The second-order valence-corrected chi connectivity index (χ2v) is 8.87. The molecule has 14 heteroatoms. The summed E-state index contributed by atoms with van der Waals surface area (Å²) in [4.78, 5) is 34.0. The molecule has 13 nitrogen and oxygen atoms in total. The lowest BCUT2D eigenvalue weighted by Gasteiger charge is -2.15. The first-order valence-corrected chi connectivity index (χ1v) is 11.5. The van der Waals surface area contributed by atoms with Gasteiger partial charge in [-0.15, -0.1) is 0 Å². The number of nitro benzene ring substituents is 1. The number of methoxy groups -OCH3 is 2. The summed E-state index contributed by atoms with van der Waals surface area (Å²) in [7, 11) is -0.913. The van der Waals surface area contributed by atoms with E-state index in [1.54, 1.807) is 0 Å². The summed E-state index contributed by atoms with van der Waals surface area (Å²) in [5.41, 5.74) is 4.95. The van der Waals surface area contributed by atoms with Crippen molar-refractivity contribution in [1.82, 2.24) is 5.32 Å². The Morgan fingerprint density at radius 2 is 1.71 bits per heavy atom. The first-order chi connectivity index (χ1) is 16.0. The van der Waals surface area contributed by atoms with Gasteiger partial charge in [-0.3, -0.25) is 19.7 Å². The van der Waals surface area contributed by atoms with E-state index in [0.717, 1.165) is 12.3 Å². The number of ether oxygens (including phenoxy) is 3. The Balaban J connectivity index is 2.08. The number of carbonyl (C=O) groups excluding carboxylic acids is 2. The number of primary amides is 1. The van der Waals surface area contributed by atoms with Gasteiger partial charge in [-0.25, -0.2) is 8.42 Å². The third kappa shape index (κ3) is 6.71. The second kappa shape index (κ2) is 11.2. The zero-order valence-electron chi connectivity index (χ0n) is 18.6. The van der Waals surface area contributed by atoms with Crippen LogP contribution in [-0.2, 0) is 14.6 Å². The van der Waals surface area contributed by atoms with Crippen molar-refractivity contribution in [1.29, 1.82) is 0 Å².